The molecular formula is C21H38O5. The van der Waals surface area contributed by atoms with E-state index >= 15 is 0 Å². The Balaban J connectivity index is 2.25. The third-order valence-electron chi connectivity index (χ3n) is 5.58. The van der Waals surface area contributed by atoms with Gasteiger partial charge < -0.3 is 20.1 Å². The molecule has 0 bridgehead atoms. The normalized spacial score (nSPS) is 22.0. The molecule has 0 aliphatic heterocycles. The summed E-state index contributed by atoms with van der Waals surface area (Å²) in [5.74, 6) is -2.68. The van der Waals surface area contributed by atoms with Crippen LogP contribution in [0.5, 0.6) is 0 Å². The third-order valence-corrected chi connectivity index (χ3v) is 5.58. The Morgan fingerprint density at radius 1 is 1.19 bits per heavy atom. The molecule has 1 unspecified atom stereocenters. The standard InChI is InChI=1S/C21H38O5/c1-3-4-5-6-7-8-12-17-14-11-15-18(17)13-9-10-16-19(22)21(24,25)20(23)26-2/h8,12,17-19,22,24-25H,3-7,9-11,13-16H2,1-2H3/b12-8-/t17-,18-,19?/m0/s1. The highest BCUT2D eigenvalue weighted by Gasteiger charge is 2.42. The molecule has 0 amide bonds. The zero-order valence-electron chi connectivity index (χ0n) is 16.5. The van der Waals surface area contributed by atoms with Gasteiger partial charge in [0, 0.05) is 0 Å². The molecule has 152 valence electrons. The molecule has 0 aromatic rings. The number of hydrogen-bond donors (Lipinski definition) is 3. The van der Waals surface area contributed by atoms with E-state index in [2.05, 4.69) is 23.8 Å². The van der Waals surface area contributed by atoms with Gasteiger partial charge in [0.05, 0.1) is 7.11 Å². The quantitative estimate of drug-likeness (QED) is 0.199. The molecule has 0 spiro atoms. The maximum absolute atomic E-state index is 11.3. The van der Waals surface area contributed by atoms with E-state index in [0.717, 1.165) is 20.0 Å². The number of ether oxygens (including phenoxy) is 1. The van der Waals surface area contributed by atoms with Crippen LogP contribution in [0.1, 0.15) is 84.0 Å². The van der Waals surface area contributed by atoms with Gasteiger partial charge in [0.25, 0.3) is 5.79 Å². The summed E-state index contributed by atoms with van der Waals surface area (Å²) in [5, 5.41) is 29.0. The monoisotopic (exact) mass is 370 g/mol. The summed E-state index contributed by atoms with van der Waals surface area (Å²) in [7, 11) is 1.06. The highest BCUT2D eigenvalue weighted by atomic mass is 16.6. The number of methoxy groups -OCH3 is 1. The lowest BCUT2D eigenvalue weighted by atomic mass is 9.89. The van der Waals surface area contributed by atoms with Gasteiger partial charge in [-0.25, -0.2) is 4.79 Å². The molecule has 5 heteroatoms. The van der Waals surface area contributed by atoms with E-state index < -0.39 is 17.9 Å². The van der Waals surface area contributed by atoms with Crippen LogP contribution in [0.4, 0.5) is 0 Å². The van der Waals surface area contributed by atoms with Crippen LogP contribution >= 0.6 is 0 Å². The minimum Gasteiger partial charge on any atom is -0.465 e. The van der Waals surface area contributed by atoms with Crippen LogP contribution in [-0.4, -0.2) is 40.3 Å². The van der Waals surface area contributed by atoms with Gasteiger partial charge in [0.1, 0.15) is 6.10 Å². The molecule has 1 aliphatic carbocycles. The van der Waals surface area contributed by atoms with Gasteiger partial charge in [0.15, 0.2) is 0 Å². The number of aliphatic hydroxyl groups excluding tert-OH is 1. The largest absolute Gasteiger partial charge is 0.465 e. The number of allylic oxidation sites excluding steroid dienone is 2. The van der Waals surface area contributed by atoms with E-state index in [0.29, 0.717) is 18.3 Å². The summed E-state index contributed by atoms with van der Waals surface area (Å²) in [6.07, 6.45) is 16.2. The fourth-order valence-corrected chi connectivity index (χ4v) is 3.87. The van der Waals surface area contributed by atoms with Crippen molar-refractivity contribution in [2.75, 3.05) is 7.11 Å². The van der Waals surface area contributed by atoms with Gasteiger partial charge in [-0.15, -0.1) is 0 Å². The first-order chi connectivity index (χ1) is 12.4. The van der Waals surface area contributed by atoms with Crippen LogP contribution in [0.25, 0.3) is 0 Å². The summed E-state index contributed by atoms with van der Waals surface area (Å²) < 4.78 is 4.30. The predicted octanol–water partition coefficient (Wildman–Crippen LogP) is 3.70. The van der Waals surface area contributed by atoms with Gasteiger partial charge in [0.2, 0.25) is 0 Å². The van der Waals surface area contributed by atoms with Crippen LogP contribution in [-0.2, 0) is 9.53 Å². The SMILES string of the molecule is CCCCCC/C=C\[C@H]1CCC[C@@H]1CCCCC(O)C(O)(O)C(=O)OC. The second kappa shape index (κ2) is 12.5. The molecule has 0 heterocycles. The Bertz CT molecular complexity index is 419. The lowest BCUT2D eigenvalue weighted by molar-refractivity contribution is -0.239. The molecule has 0 radical (unpaired) electrons. The van der Waals surface area contributed by atoms with Crippen molar-refractivity contribution in [3.8, 4) is 0 Å². The molecule has 0 aromatic heterocycles. The lowest BCUT2D eigenvalue weighted by Gasteiger charge is -2.24. The average Bonchev–Trinajstić information content (AvgIpc) is 3.07. The minimum atomic E-state index is -2.81. The summed E-state index contributed by atoms with van der Waals surface area (Å²) >= 11 is 0. The molecule has 3 N–H and O–H groups in total. The number of carbonyl (C=O) groups excluding carboxylic acids is 1. The zero-order valence-corrected chi connectivity index (χ0v) is 16.5. The smallest absolute Gasteiger partial charge is 0.369 e. The second-order valence-electron chi connectivity index (χ2n) is 7.65. The van der Waals surface area contributed by atoms with Crippen LogP contribution in [0, 0.1) is 11.8 Å². The second-order valence-corrected chi connectivity index (χ2v) is 7.65. The molecule has 5 nitrogen and oxygen atoms in total. The van der Waals surface area contributed by atoms with E-state index in [1.54, 1.807) is 0 Å². The van der Waals surface area contributed by atoms with Crippen molar-refractivity contribution in [2.24, 2.45) is 11.8 Å². The van der Waals surface area contributed by atoms with Crippen molar-refractivity contribution in [1.29, 1.82) is 0 Å². The Kier molecular flexibility index (Phi) is 11.1. The summed E-state index contributed by atoms with van der Waals surface area (Å²) in [6.45, 7) is 2.23. The van der Waals surface area contributed by atoms with E-state index in [-0.39, 0.29) is 6.42 Å². The zero-order chi connectivity index (χ0) is 19.4. The Morgan fingerprint density at radius 2 is 1.96 bits per heavy atom. The predicted molar refractivity (Wildman–Crippen MR) is 102 cm³/mol. The van der Waals surface area contributed by atoms with Gasteiger partial charge in [-0.1, -0.05) is 57.6 Å². The van der Waals surface area contributed by atoms with E-state index in [9.17, 15) is 20.1 Å². The lowest BCUT2D eigenvalue weighted by Crippen LogP contribution is -2.50. The molecule has 3 atom stereocenters. The van der Waals surface area contributed by atoms with Crippen molar-refractivity contribution in [1.82, 2.24) is 0 Å². The fourth-order valence-electron chi connectivity index (χ4n) is 3.87. The molecule has 1 fully saturated rings. The highest BCUT2D eigenvalue weighted by Crippen LogP contribution is 2.36. The highest BCUT2D eigenvalue weighted by molar-refractivity contribution is 5.77. The maximum atomic E-state index is 11.3. The molecule has 1 rings (SSSR count). The van der Waals surface area contributed by atoms with Crippen LogP contribution < -0.4 is 0 Å². The number of rotatable bonds is 13. The van der Waals surface area contributed by atoms with Gasteiger partial charge in [-0.05, 0) is 50.4 Å². The van der Waals surface area contributed by atoms with E-state index in [4.69, 9.17) is 0 Å². The first-order valence-electron chi connectivity index (χ1n) is 10.3. The molecule has 26 heavy (non-hydrogen) atoms. The van der Waals surface area contributed by atoms with Crippen molar-refractivity contribution in [3.05, 3.63) is 12.2 Å². The molecule has 1 aliphatic rings. The average molecular weight is 371 g/mol. The Morgan fingerprint density at radius 3 is 2.65 bits per heavy atom. The number of esters is 1. The van der Waals surface area contributed by atoms with E-state index in [1.807, 2.05) is 0 Å². The molecule has 0 saturated heterocycles. The third kappa shape index (κ3) is 7.77. The van der Waals surface area contributed by atoms with Gasteiger partial charge >= 0.3 is 5.97 Å². The number of carbonyl (C=O) groups is 1. The van der Waals surface area contributed by atoms with Crippen molar-refractivity contribution in [2.45, 2.75) is 95.9 Å². The van der Waals surface area contributed by atoms with Crippen molar-refractivity contribution >= 4 is 5.97 Å². The van der Waals surface area contributed by atoms with Crippen LogP contribution in [0.3, 0.4) is 0 Å². The summed E-state index contributed by atoms with van der Waals surface area (Å²) in [4.78, 5) is 11.3. The first-order valence-corrected chi connectivity index (χ1v) is 10.3. The molecular weight excluding hydrogens is 332 g/mol. The first kappa shape index (κ1) is 23.1. The Hall–Kier alpha value is -0.910. The van der Waals surface area contributed by atoms with Crippen molar-refractivity contribution in [3.63, 3.8) is 0 Å². The van der Waals surface area contributed by atoms with E-state index in [1.165, 1.54) is 51.4 Å². The van der Waals surface area contributed by atoms with Crippen LogP contribution in [0.15, 0.2) is 12.2 Å². The topological polar surface area (TPSA) is 87.0 Å². The number of aliphatic hydroxyl groups is 3. The fraction of sp³-hybridized carbons (Fsp3) is 0.857. The van der Waals surface area contributed by atoms with Gasteiger partial charge in [-0.2, -0.15) is 0 Å². The van der Waals surface area contributed by atoms with Crippen molar-refractivity contribution < 1.29 is 24.9 Å². The summed E-state index contributed by atoms with van der Waals surface area (Å²) in [5.41, 5.74) is 0. The molecule has 0 aromatic carbocycles. The Labute approximate surface area is 158 Å². The summed E-state index contributed by atoms with van der Waals surface area (Å²) in [6, 6.07) is 0. The number of hydrogen-bond acceptors (Lipinski definition) is 5. The number of unbranched alkanes of at least 4 members (excludes halogenated alkanes) is 5. The minimum absolute atomic E-state index is 0.173. The maximum Gasteiger partial charge on any atom is 0.369 e. The van der Waals surface area contributed by atoms with Crippen LogP contribution in [0.2, 0.25) is 0 Å². The molecule has 1 saturated carbocycles. The van der Waals surface area contributed by atoms with Gasteiger partial charge in [-0.3, -0.25) is 0 Å².